The molecule has 0 saturated heterocycles. The fourth-order valence-electron chi connectivity index (χ4n) is 8.11. The summed E-state index contributed by atoms with van der Waals surface area (Å²) < 4.78 is 182. The van der Waals surface area contributed by atoms with Crippen LogP contribution in [0.2, 0.25) is 0 Å². The maximum Gasteiger partial charge on any atom is 0.320 e. The van der Waals surface area contributed by atoms with Crippen molar-refractivity contribution < 1.29 is 84.3 Å². The maximum atomic E-state index is 15.0. The lowest BCUT2D eigenvalue weighted by atomic mass is 9.80. The molecule has 10 N–H and O–H groups in total. The smallest absolute Gasteiger partial charge is 0.320 e. The van der Waals surface area contributed by atoms with Gasteiger partial charge in [0.2, 0.25) is 11.9 Å². The van der Waals surface area contributed by atoms with Gasteiger partial charge < -0.3 is 30.8 Å². The number of carbonyl (C=O) groups is 2. The molecule has 32 heteroatoms. The van der Waals surface area contributed by atoms with Gasteiger partial charge in [0.15, 0.2) is 17.3 Å². The Morgan fingerprint density at radius 2 is 1.14 bits per heavy atom. The number of rotatable bonds is 15. The number of ether oxygens (including phenoxy) is 1. The molecule has 0 bridgehead atoms. The Bertz CT molecular complexity index is 4580. The monoisotopic (exact) mass is 1150 g/mol. The van der Waals surface area contributed by atoms with E-state index in [-0.39, 0.29) is 28.4 Å². The number of ketones is 2. The first-order chi connectivity index (χ1) is 35.9. The van der Waals surface area contributed by atoms with Crippen molar-refractivity contribution in [1.82, 2.24) is 19.9 Å². The third kappa shape index (κ3) is 10.5. The molecule has 0 spiro atoms. The quantitative estimate of drug-likeness (QED) is 0.0452. The molecule has 1 aliphatic carbocycles. The lowest BCUT2D eigenvalue weighted by molar-refractivity contribution is 0.102. The second-order valence-electron chi connectivity index (χ2n) is 16.4. The van der Waals surface area contributed by atoms with Crippen molar-refractivity contribution in [2.45, 2.75) is 31.4 Å². The molecule has 0 unspecified atom stereocenters. The summed E-state index contributed by atoms with van der Waals surface area (Å²) in [6, 6.07) is 17.8. The van der Waals surface area contributed by atoms with Gasteiger partial charge in [-0.15, -0.1) is 0 Å². The Morgan fingerprint density at radius 1 is 0.545 bits per heavy atom. The van der Waals surface area contributed by atoms with E-state index in [2.05, 4.69) is 35.9 Å². The molecule has 0 amide bonds. The highest BCUT2D eigenvalue weighted by Crippen LogP contribution is 2.48. The van der Waals surface area contributed by atoms with Gasteiger partial charge in [-0.3, -0.25) is 37.1 Å². The highest BCUT2D eigenvalue weighted by molar-refractivity contribution is 7.87. The number of hydrogen-bond donors (Lipinski definition) is 10. The summed E-state index contributed by atoms with van der Waals surface area (Å²) in [6.07, 6.45) is 0. The molecule has 27 nitrogen and oxygen atoms in total. The minimum atomic E-state index is -5.63. The van der Waals surface area contributed by atoms with Crippen LogP contribution >= 0.6 is 0 Å². The fourth-order valence-corrected chi connectivity index (χ4v) is 11.2. The molecular formula is C45H31N7O20S5. The number of fused-ring (bicyclic) bond motifs is 2. The van der Waals surface area contributed by atoms with E-state index < -0.39 is 166 Å². The number of benzene rings is 6. The first-order valence-corrected chi connectivity index (χ1v) is 28.3. The van der Waals surface area contributed by atoms with Gasteiger partial charge in [-0.1, -0.05) is 42.5 Å². The predicted molar refractivity (Wildman–Crippen MR) is 268 cm³/mol. The van der Waals surface area contributed by atoms with E-state index in [9.17, 15) is 84.3 Å². The van der Waals surface area contributed by atoms with Crippen molar-refractivity contribution in [2.75, 3.05) is 16.0 Å². The molecule has 396 valence electrons. The van der Waals surface area contributed by atoms with Crippen LogP contribution in [-0.2, 0) is 50.6 Å². The molecule has 9 rings (SSSR count). The first kappa shape index (κ1) is 53.3. The molecule has 0 atom stereocenters. The summed E-state index contributed by atoms with van der Waals surface area (Å²) in [6.45, 7) is 1.47. The first-order valence-electron chi connectivity index (χ1n) is 21.1. The van der Waals surface area contributed by atoms with Crippen LogP contribution in [0.3, 0.4) is 0 Å². The van der Waals surface area contributed by atoms with Crippen LogP contribution in [0, 0.1) is 6.92 Å². The van der Waals surface area contributed by atoms with Crippen LogP contribution in [0.15, 0.2) is 138 Å². The van der Waals surface area contributed by atoms with Gasteiger partial charge >= 0.3 is 6.01 Å². The van der Waals surface area contributed by atoms with Gasteiger partial charge in [0, 0.05) is 33.8 Å². The number of nitrogens with one attached hydrogen (secondary N) is 4. The Morgan fingerprint density at radius 3 is 1.75 bits per heavy atom. The second kappa shape index (κ2) is 18.9. The van der Waals surface area contributed by atoms with E-state index >= 15 is 0 Å². The van der Waals surface area contributed by atoms with Gasteiger partial charge in [-0.25, -0.2) is 0 Å². The van der Waals surface area contributed by atoms with Crippen LogP contribution < -0.4 is 26.2 Å². The van der Waals surface area contributed by atoms with Gasteiger partial charge in [0.25, 0.3) is 56.1 Å². The summed E-state index contributed by atoms with van der Waals surface area (Å²) in [5.41, 5.74) is -6.00. The van der Waals surface area contributed by atoms with Gasteiger partial charge in [-0.05, 0) is 78.7 Å². The summed E-state index contributed by atoms with van der Waals surface area (Å²) in [5, 5.41) is 17.7. The lowest BCUT2D eigenvalue weighted by Crippen LogP contribution is -2.24. The molecule has 2 aromatic heterocycles. The van der Waals surface area contributed by atoms with E-state index in [1.165, 1.54) is 37.3 Å². The van der Waals surface area contributed by atoms with Crippen LogP contribution in [-0.4, -0.2) is 101 Å². The number of H-pyrrole nitrogens is 1. The normalized spacial score (nSPS) is 12.7. The lowest BCUT2D eigenvalue weighted by Gasteiger charge is -2.26. The van der Waals surface area contributed by atoms with Gasteiger partial charge in [-0.2, -0.15) is 57.0 Å². The van der Waals surface area contributed by atoms with Crippen LogP contribution in [0.1, 0.15) is 37.4 Å². The molecule has 0 saturated carbocycles. The minimum Gasteiger partial charge on any atom is -0.479 e. The molecule has 77 heavy (non-hydrogen) atoms. The van der Waals surface area contributed by atoms with Crippen LogP contribution in [0.5, 0.6) is 17.5 Å². The molecule has 8 aromatic rings. The van der Waals surface area contributed by atoms with Crippen molar-refractivity contribution in [3.8, 4) is 28.6 Å². The van der Waals surface area contributed by atoms with Crippen molar-refractivity contribution in [1.29, 1.82) is 0 Å². The van der Waals surface area contributed by atoms with E-state index in [1.807, 2.05) is 0 Å². The third-order valence-corrected chi connectivity index (χ3v) is 15.7. The SMILES string of the molecule is Cc1ccc(Oc2cc(Nc3cc(Nc4nc(O)nc(Nc5ccc(S(=O)(=O)O)cc5)n4)c(S(=O)(=O)O)cc3S(=O)(=O)O)c3c4c(c(C(=O)c5cccc(S(=O)(=O)O)c5)c(=O)[nH]c24)-c2ccccc2C3=O)c(S(=O)(=O)O)c1. The average molecular weight is 1150 g/mol. The zero-order valence-corrected chi connectivity index (χ0v) is 42.3. The second-order valence-corrected chi connectivity index (χ2v) is 23.5. The predicted octanol–water partition coefficient (Wildman–Crippen LogP) is 5.43. The van der Waals surface area contributed by atoms with Crippen molar-refractivity contribution in [3.05, 3.63) is 147 Å². The van der Waals surface area contributed by atoms with Crippen LogP contribution in [0.25, 0.3) is 22.0 Å². The number of aryl methyl sites for hydroxylation is 1. The summed E-state index contributed by atoms with van der Waals surface area (Å²) in [7, 11) is -25.8. The fraction of sp³-hybridized carbons (Fsp3) is 0.0222. The van der Waals surface area contributed by atoms with Crippen molar-refractivity contribution in [2.24, 2.45) is 0 Å². The summed E-state index contributed by atoms with van der Waals surface area (Å²) in [5.74, 6) is -4.58. The highest BCUT2D eigenvalue weighted by Gasteiger charge is 2.36. The Balaban J connectivity index is 1.30. The zero-order valence-electron chi connectivity index (χ0n) is 38.2. The molecular weight excluding hydrogens is 1120 g/mol. The largest absolute Gasteiger partial charge is 0.479 e. The topological polar surface area (TPSA) is 443 Å². The average Bonchev–Trinajstić information content (AvgIpc) is 3.40. The number of pyridine rings is 1. The van der Waals surface area contributed by atoms with E-state index in [0.717, 1.165) is 66.7 Å². The number of aromatic amines is 1. The minimum absolute atomic E-state index is 0.0584. The molecule has 0 aliphatic heterocycles. The Kier molecular flexibility index (Phi) is 13.1. The van der Waals surface area contributed by atoms with E-state index in [4.69, 9.17) is 4.74 Å². The van der Waals surface area contributed by atoms with Gasteiger partial charge in [0.05, 0.1) is 43.5 Å². The molecule has 6 aromatic carbocycles. The molecule has 0 radical (unpaired) electrons. The molecule has 0 fully saturated rings. The van der Waals surface area contributed by atoms with Crippen LogP contribution in [0.4, 0.5) is 34.6 Å². The van der Waals surface area contributed by atoms with Crippen molar-refractivity contribution in [3.63, 3.8) is 0 Å². The zero-order chi connectivity index (χ0) is 55.9. The third-order valence-electron chi connectivity index (χ3n) is 11.3. The Labute approximate surface area is 433 Å². The number of hydrogen-bond acceptors (Lipinski definition) is 21. The summed E-state index contributed by atoms with van der Waals surface area (Å²) >= 11 is 0. The molecule has 2 heterocycles. The standard InChI is InChI=1S/C45H31N7O20S5/c1-20-9-14-30(34(15-20)77(69,70)71)72-31-18-29(36-37-35(25-7-2-3-8-26(25)41(36)54)38(42(55)49-39(31)37)40(53)21-5-4-6-24(16-21)74(60,61)62)47-27-17-28(33(76(66,67)68)19-32(27)75(63,64)65)48-44-50-43(51-45(56)52-44)46-22-10-12-23(13-11-22)73(57,58)59/h2-19,47H,1H3,(H,49,55)(H,57,58,59)(H,60,61,62)(H,63,64,65)(H,66,67,68)(H,69,70,71)(H3,46,48,50,51,52,56). The van der Waals surface area contributed by atoms with Gasteiger partial charge in [0.1, 0.15) is 20.4 Å². The highest BCUT2D eigenvalue weighted by atomic mass is 32.2. The number of aromatic hydroxyl groups is 1. The molecule has 1 aliphatic rings. The number of carbonyl (C=O) groups excluding carboxylic acids is 2. The van der Waals surface area contributed by atoms with E-state index in [0.29, 0.717) is 11.6 Å². The summed E-state index contributed by atoms with van der Waals surface area (Å²) in [4.78, 5) is 53.2. The number of aromatic nitrogens is 4. The van der Waals surface area contributed by atoms with Crippen molar-refractivity contribution >= 4 is 108 Å². The van der Waals surface area contributed by atoms with E-state index in [1.54, 1.807) is 0 Å². The number of anilines is 6. The number of nitrogens with zero attached hydrogens (tertiary/aromatic N) is 3. The maximum absolute atomic E-state index is 15.0. The Hall–Kier alpha value is -8.57.